The molecule has 0 aliphatic heterocycles. The molecule has 0 aromatic rings. The SMILES string of the molecule is CC/C=C\C/C=C\C/C=C\C/C=C\C/C=C\CCCCCCCCCCCCCCCCCCCCCCCCCCCC(=O)NC(CO)C(O)/C=C/CCCCCCCCCCCCCCCCCCCCCCCCCCCCCC. The van der Waals surface area contributed by atoms with Crippen LogP contribution in [0, 0.1) is 0 Å². The van der Waals surface area contributed by atoms with Gasteiger partial charge in [-0.3, -0.25) is 4.79 Å². The van der Waals surface area contributed by atoms with Gasteiger partial charge >= 0.3 is 0 Å². The summed E-state index contributed by atoms with van der Waals surface area (Å²) in [5.41, 5.74) is 0. The summed E-state index contributed by atoms with van der Waals surface area (Å²) in [6.07, 6.45) is 107. The van der Waals surface area contributed by atoms with Gasteiger partial charge in [0.1, 0.15) is 0 Å². The highest BCUT2D eigenvalue weighted by Crippen LogP contribution is 2.19. The molecule has 0 aliphatic rings. The fraction of sp³-hybridized carbons (Fsp3) is 0.835. The number of nitrogens with one attached hydrogen (secondary N) is 1. The molecule has 0 aromatic carbocycles. The van der Waals surface area contributed by atoms with Crippen molar-refractivity contribution in [2.45, 2.75) is 418 Å². The molecule has 0 heterocycles. The van der Waals surface area contributed by atoms with Crippen LogP contribution >= 0.6 is 0 Å². The Morgan fingerprint density at radius 3 is 0.795 bits per heavy atom. The molecule has 0 aliphatic carbocycles. The van der Waals surface area contributed by atoms with Crippen LogP contribution in [0.2, 0.25) is 0 Å². The van der Waals surface area contributed by atoms with Crippen molar-refractivity contribution >= 4 is 5.91 Å². The maximum absolute atomic E-state index is 12.6. The Labute approximate surface area is 520 Å². The molecule has 0 saturated carbocycles. The van der Waals surface area contributed by atoms with Crippen LogP contribution in [0.15, 0.2) is 72.9 Å². The first-order chi connectivity index (χ1) is 41.2. The average molecular weight is 1160 g/mol. The molecule has 0 spiro atoms. The zero-order chi connectivity index (χ0) is 59.8. The number of rotatable bonds is 70. The Morgan fingerprint density at radius 2 is 0.530 bits per heavy atom. The lowest BCUT2D eigenvalue weighted by Gasteiger charge is -2.20. The van der Waals surface area contributed by atoms with Crippen LogP contribution in [-0.2, 0) is 4.79 Å². The van der Waals surface area contributed by atoms with E-state index in [2.05, 4.69) is 79.9 Å². The second kappa shape index (κ2) is 74.1. The average Bonchev–Trinajstić information content (AvgIpc) is 3.51. The van der Waals surface area contributed by atoms with E-state index in [4.69, 9.17) is 0 Å². The van der Waals surface area contributed by atoms with E-state index in [1.54, 1.807) is 6.08 Å². The van der Waals surface area contributed by atoms with Gasteiger partial charge in [-0.05, 0) is 64.2 Å². The first-order valence-electron chi connectivity index (χ1n) is 37.7. The van der Waals surface area contributed by atoms with E-state index in [1.807, 2.05) is 6.08 Å². The molecule has 0 rings (SSSR count). The minimum absolute atomic E-state index is 0.0560. The van der Waals surface area contributed by atoms with E-state index in [0.717, 1.165) is 57.8 Å². The number of allylic oxidation sites excluding steroid dienone is 11. The van der Waals surface area contributed by atoms with E-state index in [9.17, 15) is 15.0 Å². The predicted octanol–water partition coefficient (Wildman–Crippen LogP) is 26.0. The largest absolute Gasteiger partial charge is 0.394 e. The molecule has 0 aromatic heterocycles. The smallest absolute Gasteiger partial charge is 0.220 e. The molecule has 1 amide bonds. The van der Waals surface area contributed by atoms with Gasteiger partial charge in [-0.1, -0.05) is 408 Å². The summed E-state index contributed by atoms with van der Waals surface area (Å²) in [6, 6.07) is -0.624. The first kappa shape index (κ1) is 80.8. The first-order valence-corrected chi connectivity index (χ1v) is 37.7. The fourth-order valence-corrected chi connectivity index (χ4v) is 11.8. The number of hydrogen-bond acceptors (Lipinski definition) is 3. The molecule has 3 N–H and O–H groups in total. The molecule has 4 heteroatoms. The normalized spacial score (nSPS) is 13.1. The van der Waals surface area contributed by atoms with Crippen LogP contribution in [0.25, 0.3) is 0 Å². The Bertz CT molecular complexity index is 1410. The number of carbonyl (C=O) groups is 1. The van der Waals surface area contributed by atoms with Gasteiger partial charge in [-0.25, -0.2) is 0 Å². The molecule has 0 fully saturated rings. The van der Waals surface area contributed by atoms with Gasteiger partial charge in [0.2, 0.25) is 5.91 Å². The standard InChI is InChI=1S/C79H147NO3/c1-3-5-7-9-11-13-15-17-19-21-23-25-27-29-31-33-35-36-37-38-39-40-41-42-43-44-45-47-49-51-53-55-57-59-61-63-65-67-69-71-73-75-79(83)80-77(76-81)78(82)74-72-70-68-66-64-62-60-58-56-54-52-50-48-46-34-32-30-28-26-24-22-20-18-16-14-12-10-8-6-4-2/h5,7,11,13,17,19,23,25,29,31,72,74,77-78,81-82H,3-4,6,8-10,12,14-16,18,20-22,24,26-28,30,32-71,73,75-76H2,1-2H3,(H,80,83)/b7-5-,13-11-,19-17-,25-23-,31-29-,74-72+. The van der Waals surface area contributed by atoms with Crippen LogP contribution in [0.3, 0.4) is 0 Å². The second-order valence-corrected chi connectivity index (χ2v) is 25.7. The Kier molecular flexibility index (Phi) is 72.1. The Hall–Kier alpha value is -2.17. The van der Waals surface area contributed by atoms with E-state index >= 15 is 0 Å². The van der Waals surface area contributed by atoms with Crippen LogP contribution in [0.5, 0.6) is 0 Å². The molecular weight excluding hydrogens is 1010 g/mol. The number of hydrogen-bond donors (Lipinski definition) is 3. The summed E-state index contributed by atoms with van der Waals surface area (Å²) in [4.78, 5) is 12.6. The van der Waals surface area contributed by atoms with Crippen molar-refractivity contribution in [3.05, 3.63) is 72.9 Å². The minimum atomic E-state index is -0.841. The summed E-state index contributed by atoms with van der Waals surface area (Å²) in [5, 5.41) is 23.3. The van der Waals surface area contributed by atoms with Crippen LogP contribution in [0.1, 0.15) is 406 Å². The number of carbonyl (C=O) groups excluding carboxylic acids is 1. The van der Waals surface area contributed by atoms with Crippen LogP contribution < -0.4 is 5.32 Å². The van der Waals surface area contributed by atoms with Crippen molar-refractivity contribution in [1.82, 2.24) is 5.32 Å². The molecule has 4 nitrogen and oxygen atoms in total. The van der Waals surface area contributed by atoms with Gasteiger partial charge in [0, 0.05) is 6.42 Å². The summed E-state index contributed by atoms with van der Waals surface area (Å²) in [7, 11) is 0. The molecule has 486 valence electrons. The Balaban J connectivity index is 3.41. The van der Waals surface area contributed by atoms with E-state index in [1.165, 1.54) is 327 Å². The van der Waals surface area contributed by atoms with Gasteiger partial charge in [0.15, 0.2) is 0 Å². The molecule has 0 radical (unpaired) electrons. The third-order valence-corrected chi connectivity index (χ3v) is 17.4. The predicted molar refractivity (Wildman–Crippen MR) is 373 cm³/mol. The number of amides is 1. The molecule has 83 heavy (non-hydrogen) atoms. The van der Waals surface area contributed by atoms with Gasteiger partial charge in [-0.15, -0.1) is 0 Å². The highest BCUT2D eigenvalue weighted by molar-refractivity contribution is 5.76. The van der Waals surface area contributed by atoms with Crippen molar-refractivity contribution in [1.29, 1.82) is 0 Å². The summed E-state index contributed by atoms with van der Waals surface area (Å²) in [5.74, 6) is -0.0560. The minimum Gasteiger partial charge on any atom is -0.394 e. The van der Waals surface area contributed by atoms with Gasteiger partial charge in [-0.2, -0.15) is 0 Å². The van der Waals surface area contributed by atoms with Gasteiger partial charge < -0.3 is 15.5 Å². The lowest BCUT2D eigenvalue weighted by atomic mass is 10.0. The van der Waals surface area contributed by atoms with Crippen molar-refractivity contribution in [2.24, 2.45) is 0 Å². The third-order valence-electron chi connectivity index (χ3n) is 17.4. The van der Waals surface area contributed by atoms with Crippen molar-refractivity contribution in [3.8, 4) is 0 Å². The number of unbranched alkanes of at least 4 members (excludes halogenated alkanes) is 53. The van der Waals surface area contributed by atoms with Crippen molar-refractivity contribution in [3.63, 3.8) is 0 Å². The van der Waals surface area contributed by atoms with Crippen LogP contribution in [0.4, 0.5) is 0 Å². The number of aliphatic hydroxyl groups is 2. The van der Waals surface area contributed by atoms with Crippen molar-refractivity contribution in [2.75, 3.05) is 6.61 Å². The maximum Gasteiger partial charge on any atom is 0.220 e. The molecule has 0 saturated heterocycles. The monoisotopic (exact) mass is 1160 g/mol. The van der Waals surface area contributed by atoms with Gasteiger partial charge in [0.25, 0.3) is 0 Å². The maximum atomic E-state index is 12.6. The van der Waals surface area contributed by atoms with Crippen LogP contribution in [-0.4, -0.2) is 34.9 Å². The third kappa shape index (κ3) is 70.5. The summed E-state index contributed by atoms with van der Waals surface area (Å²) >= 11 is 0. The highest BCUT2D eigenvalue weighted by Gasteiger charge is 2.18. The quantitative estimate of drug-likeness (QED) is 0.0420. The fourth-order valence-electron chi connectivity index (χ4n) is 11.8. The number of aliphatic hydroxyl groups excluding tert-OH is 2. The van der Waals surface area contributed by atoms with E-state index in [-0.39, 0.29) is 12.5 Å². The topological polar surface area (TPSA) is 69.6 Å². The summed E-state index contributed by atoms with van der Waals surface area (Å²) < 4.78 is 0. The second-order valence-electron chi connectivity index (χ2n) is 25.7. The van der Waals surface area contributed by atoms with Gasteiger partial charge in [0.05, 0.1) is 18.8 Å². The van der Waals surface area contributed by atoms with E-state index in [0.29, 0.717) is 6.42 Å². The molecule has 0 bridgehead atoms. The molecule has 2 atom stereocenters. The molecular formula is C79H147NO3. The highest BCUT2D eigenvalue weighted by atomic mass is 16.3. The van der Waals surface area contributed by atoms with E-state index < -0.39 is 12.1 Å². The lowest BCUT2D eigenvalue weighted by molar-refractivity contribution is -0.123. The zero-order valence-corrected chi connectivity index (χ0v) is 56.2. The molecule has 2 unspecified atom stereocenters. The zero-order valence-electron chi connectivity index (χ0n) is 56.2. The van der Waals surface area contributed by atoms with Crippen molar-refractivity contribution < 1.29 is 15.0 Å². The Morgan fingerprint density at radius 1 is 0.301 bits per heavy atom. The summed E-state index contributed by atoms with van der Waals surface area (Å²) in [6.45, 7) is 4.24. The lowest BCUT2D eigenvalue weighted by Crippen LogP contribution is -2.45.